The van der Waals surface area contributed by atoms with Gasteiger partial charge in [0.1, 0.15) is 18.3 Å². The Hall–Kier alpha value is -1.27. The average Bonchev–Trinajstić information content (AvgIpc) is 2.80. The number of carbonyl (C=O) groups excluding carboxylic acids is 1. The van der Waals surface area contributed by atoms with Crippen LogP contribution in [0.3, 0.4) is 0 Å². The van der Waals surface area contributed by atoms with Crippen LogP contribution in [0, 0.1) is 0 Å². The zero-order valence-electron chi connectivity index (χ0n) is 11.9. The van der Waals surface area contributed by atoms with Gasteiger partial charge in [-0.25, -0.2) is 8.42 Å². The molecule has 1 aromatic carbocycles. The predicted octanol–water partition coefficient (Wildman–Crippen LogP) is 2.39. The van der Waals surface area contributed by atoms with Gasteiger partial charge in [0.15, 0.2) is 0 Å². The van der Waals surface area contributed by atoms with Crippen LogP contribution in [0.25, 0.3) is 0 Å². The Kier molecular flexibility index (Phi) is 4.78. The van der Waals surface area contributed by atoms with Crippen molar-refractivity contribution in [2.45, 2.75) is 43.5 Å². The van der Waals surface area contributed by atoms with Gasteiger partial charge in [-0.1, -0.05) is 13.3 Å². The van der Waals surface area contributed by atoms with Gasteiger partial charge in [0.25, 0.3) is 9.05 Å². The van der Waals surface area contributed by atoms with Crippen LogP contribution in [0.4, 0.5) is 0 Å². The molecule has 5 nitrogen and oxygen atoms in total. The van der Waals surface area contributed by atoms with E-state index in [9.17, 15) is 13.2 Å². The third-order valence-corrected chi connectivity index (χ3v) is 4.82. The SMILES string of the molecule is CCCC(C)NC(=O)C1COc2ccc(S(=O)(=O)Cl)cc21. The van der Waals surface area contributed by atoms with Crippen LogP contribution in [-0.2, 0) is 13.8 Å². The second-order valence-electron chi connectivity index (χ2n) is 5.20. The minimum absolute atomic E-state index is 0.0205. The lowest BCUT2D eigenvalue weighted by Gasteiger charge is -2.16. The van der Waals surface area contributed by atoms with Crippen LogP contribution < -0.4 is 10.1 Å². The zero-order valence-corrected chi connectivity index (χ0v) is 13.5. The first-order valence-electron chi connectivity index (χ1n) is 6.84. The van der Waals surface area contributed by atoms with Crippen LogP contribution in [0.5, 0.6) is 5.75 Å². The van der Waals surface area contributed by atoms with Gasteiger partial charge in [-0.05, 0) is 31.5 Å². The lowest BCUT2D eigenvalue weighted by Crippen LogP contribution is -2.36. The Morgan fingerprint density at radius 1 is 1.52 bits per heavy atom. The van der Waals surface area contributed by atoms with Crippen LogP contribution in [0.1, 0.15) is 38.2 Å². The molecule has 2 unspecified atom stereocenters. The van der Waals surface area contributed by atoms with E-state index < -0.39 is 15.0 Å². The first-order valence-corrected chi connectivity index (χ1v) is 9.15. The number of hydrogen-bond donors (Lipinski definition) is 1. The van der Waals surface area contributed by atoms with Crippen molar-refractivity contribution in [3.63, 3.8) is 0 Å². The lowest BCUT2D eigenvalue weighted by molar-refractivity contribution is -0.123. The maximum Gasteiger partial charge on any atom is 0.261 e. The molecule has 0 saturated heterocycles. The van der Waals surface area contributed by atoms with Crippen LogP contribution in [0.2, 0.25) is 0 Å². The average molecular weight is 332 g/mol. The van der Waals surface area contributed by atoms with Gasteiger partial charge in [0.05, 0.1) is 4.90 Å². The van der Waals surface area contributed by atoms with Crippen LogP contribution in [0.15, 0.2) is 23.1 Å². The van der Waals surface area contributed by atoms with E-state index in [1.807, 2.05) is 13.8 Å². The summed E-state index contributed by atoms with van der Waals surface area (Å²) in [6.45, 7) is 4.21. The normalized spacial score (nSPS) is 18.7. The molecule has 2 rings (SSSR count). The molecule has 2 atom stereocenters. The molecule has 1 aliphatic heterocycles. The number of amides is 1. The van der Waals surface area contributed by atoms with E-state index in [0.717, 1.165) is 12.8 Å². The smallest absolute Gasteiger partial charge is 0.261 e. The summed E-state index contributed by atoms with van der Waals surface area (Å²) in [6.07, 6.45) is 1.87. The second kappa shape index (κ2) is 6.23. The van der Waals surface area contributed by atoms with Gasteiger partial charge >= 0.3 is 0 Å². The summed E-state index contributed by atoms with van der Waals surface area (Å²) < 4.78 is 28.2. The quantitative estimate of drug-likeness (QED) is 0.841. The number of halogens is 1. The largest absolute Gasteiger partial charge is 0.492 e. The highest BCUT2D eigenvalue weighted by Crippen LogP contribution is 2.36. The fourth-order valence-corrected chi connectivity index (χ4v) is 3.20. The van der Waals surface area contributed by atoms with Crippen molar-refractivity contribution in [1.29, 1.82) is 0 Å². The Morgan fingerprint density at radius 2 is 2.24 bits per heavy atom. The maximum atomic E-state index is 12.3. The van der Waals surface area contributed by atoms with E-state index in [4.69, 9.17) is 15.4 Å². The molecule has 0 aromatic heterocycles. The summed E-state index contributed by atoms with van der Waals surface area (Å²) in [5, 5.41) is 2.92. The minimum Gasteiger partial charge on any atom is -0.492 e. The van der Waals surface area contributed by atoms with Gasteiger partial charge in [0.2, 0.25) is 5.91 Å². The summed E-state index contributed by atoms with van der Waals surface area (Å²) in [7, 11) is 1.52. The number of rotatable bonds is 5. The molecule has 1 aliphatic rings. The molecule has 0 bridgehead atoms. The summed E-state index contributed by atoms with van der Waals surface area (Å²) in [6, 6.07) is 4.40. The second-order valence-corrected chi connectivity index (χ2v) is 7.77. The fraction of sp³-hybridized carbons (Fsp3) is 0.500. The monoisotopic (exact) mass is 331 g/mol. The van der Waals surface area contributed by atoms with Gasteiger partial charge in [-0.2, -0.15) is 0 Å². The zero-order chi connectivity index (χ0) is 15.6. The Labute approximate surface area is 129 Å². The van der Waals surface area contributed by atoms with Gasteiger partial charge in [-0.3, -0.25) is 4.79 Å². The number of benzene rings is 1. The fourth-order valence-electron chi connectivity index (χ4n) is 2.41. The highest BCUT2D eigenvalue weighted by atomic mass is 35.7. The molecule has 7 heteroatoms. The van der Waals surface area contributed by atoms with E-state index in [1.165, 1.54) is 18.2 Å². The molecule has 21 heavy (non-hydrogen) atoms. The van der Waals surface area contributed by atoms with Crippen molar-refractivity contribution in [3.8, 4) is 5.75 Å². The maximum absolute atomic E-state index is 12.3. The standard InChI is InChI=1S/C14H18ClNO4S/c1-3-4-9(2)16-14(17)12-8-20-13-6-5-10(7-11(12)13)21(15,18)19/h5-7,9,12H,3-4,8H2,1-2H3,(H,16,17). The van der Waals surface area contributed by atoms with Crippen molar-refractivity contribution < 1.29 is 17.9 Å². The van der Waals surface area contributed by atoms with Crippen molar-refractivity contribution in [2.24, 2.45) is 0 Å². The third-order valence-electron chi connectivity index (χ3n) is 3.47. The molecule has 0 saturated carbocycles. The summed E-state index contributed by atoms with van der Waals surface area (Å²) in [5.74, 6) is -0.126. The minimum atomic E-state index is -3.82. The number of fused-ring (bicyclic) bond motifs is 1. The molecule has 1 heterocycles. The molecule has 116 valence electrons. The van der Waals surface area contributed by atoms with Gasteiger partial charge < -0.3 is 10.1 Å². The summed E-state index contributed by atoms with van der Waals surface area (Å²) in [5.41, 5.74) is 0.568. The van der Waals surface area contributed by atoms with Gasteiger partial charge in [-0.15, -0.1) is 0 Å². The molecule has 1 N–H and O–H groups in total. The Bertz CT molecular complexity index is 644. The van der Waals surface area contributed by atoms with Crippen LogP contribution in [-0.4, -0.2) is 27.0 Å². The highest BCUT2D eigenvalue weighted by molar-refractivity contribution is 8.13. The first kappa shape index (κ1) is 16.1. The molecule has 1 amide bonds. The molecular formula is C14H18ClNO4S. The van der Waals surface area contributed by atoms with E-state index in [-0.39, 0.29) is 23.5 Å². The third kappa shape index (κ3) is 3.68. The van der Waals surface area contributed by atoms with Crippen molar-refractivity contribution in [2.75, 3.05) is 6.61 Å². The van der Waals surface area contributed by atoms with E-state index >= 15 is 0 Å². The van der Waals surface area contributed by atoms with Crippen LogP contribution >= 0.6 is 10.7 Å². The predicted molar refractivity (Wildman–Crippen MR) is 80.2 cm³/mol. The molecular weight excluding hydrogens is 314 g/mol. The first-order chi connectivity index (χ1) is 9.82. The van der Waals surface area contributed by atoms with E-state index in [2.05, 4.69) is 5.32 Å². The number of nitrogens with one attached hydrogen (secondary N) is 1. The molecule has 0 aliphatic carbocycles. The number of hydrogen-bond acceptors (Lipinski definition) is 4. The Morgan fingerprint density at radius 3 is 2.86 bits per heavy atom. The van der Waals surface area contributed by atoms with E-state index in [1.54, 1.807) is 0 Å². The highest BCUT2D eigenvalue weighted by Gasteiger charge is 2.32. The molecule has 0 fully saturated rings. The summed E-state index contributed by atoms with van der Waals surface area (Å²) >= 11 is 0. The summed E-state index contributed by atoms with van der Waals surface area (Å²) in [4.78, 5) is 12.3. The topological polar surface area (TPSA) is 72.5 Å². The molecule has 1 aromatic rings. The van der Waals surface area contributed by atoms with Crippen molar-refractivity contribution in [1.82, 2.24) is 5.32 Å². The van der Waals surface area contributed by atoms with Gasteiger partial charge in [0, 0.05) is 22.3 Å². The molecule has 0 spiro atoms. The van der Waals surface area contributed by atoms with Crippen molar-refractivity contribution in [3.05, 3.63) is 23.8 Å². The number of carbonyl (C=O) groups is 1. The molecule has 0 radical (unpaired) electrons. The van der Waals surface area contributed by atoms with Crippen molar-refractivity contribution >= 4 is 25.6 Å². The number of ether oxygens (including phenoxy) is 1. The Balaban J connectivity index is 2.22. The van der Waals surface area contributed by atoms with E-state index in [0.29, 0.717) is 11.3 Å². The lowest BCUT2D eigenvalue weighted by atomic mass is 10.00.